The number of nitrogens with zero attached hydrogens (tertiary/aromatic N) is 5. The van der Waals surface area contributed by atoms with Crippen LogP contribution in [0.25, 0.3) is 5.65 Å². The molecule has 1 aromatic carbocycles. The molecule has 1 saturated carbocycles. The molecule has 9 heteroatoms. The van der Waals surface area contributed by atoms with Crippen LogP contribution in [0.1, 0.15) is 51.5 Å². The molecule has 0 radical (unpaired) electrons. The van der Waals surface area contributed by atoms with Gasteiger partial charge in [-0.1, -0.05) is 6.07 Å². The summed E-state index contributed by atoms with van der Waals surface area (Å²) >= 11 is 0. The zero-order valence-corrected chi connectivity index (χ0v) is 18.0. The van der Waals surface area contributed by atoms with E-state index >= 15 is 0 Å². The Labute approximate surface area is 189 Å². The molecule has 3 heterocycles. The summed E-state index contributed by atoms with van der Waals surface area (Å²) in [6.45, 7) is 0.266. The van der Waals surface area contributed by atoms with Gasteiger partial charge in [-0.25, -0.2) is 9.37 Å². The molecule has 1 aliphatic carbocycles. The number of rotatable bonds is 7. The van der Waals surface area contributed by atoms with Gasteiger partial charge in [0, 0.05) is 30.7 Å². The molecule has 3 aromatic heterocycles. The lowest BCUT2D eigenvalue weighted by molar-refractivity contribution is 0.0950. The molecule has 0 saturated heterocycles. The van der Waals surface area contributed by atoms with Gasteiger partial charge in [0.05, 0.1) is 42.7 Å². The average molecular weight is 444 g/mol. The maximum Gasteiger partial charge on any atom is 0.254 e. The van der Waals surface area contributed by atoms with Crippen LogP contribution >= 0.6 is 0 Å². The molecule has 0 bridgehead atoms. The minimum Gasteiger partial charge on any atom is -0.494 e. The standard InChI is InChI=1S/C24H21FN6O2/c1-33-21-6-4-16(8-26)20(23(21)25)10-27-24(32)18-9-28-31(12-18)14-19-13-30-11-17(15-2-3-15)5-7-22(30)29-19/h4-7,9,11-13,15H,2-3,10,14H2,1H3,(H,27,32). The Hall–Kier alpha value is -4.19. The van der Waals surface area contributed by atoms with E-state index in [1.165, 1.54) is 43.8 Å². The summed E-state index contributed by atoms with van der Waals surface area (Å²) in [6, 6.07) is 8.93. The molecule has 0 unspecified atom stereocenters. The Morgan fingerprint density at radius 3 is 2.88 bits per heavy atom. The lowest BCUT2D eigenvalue weighted by atomic mass is 10.1. The molecular weight excluding hydrogens is 423 g/mol. The van der Waals surface area contributed by atoms with Crippen molar-refractivity contribution in [1.29, 1.82) is 5.26 Å². The number of benzene rings is 1. The topological polar surface area (TPSA) is 97.2 Å². The highest BCUT2D eigenvalue weighted by Gasteiger charge is 2.23. The quantitative estimate of drug-likeness (QED) is 0.471. The summed E-state index contributed by atoms with van der Waals surface area (Å²) in [5.41, 5.74) is 3.57. The van der Waals surface area contributed by atoms with E-state index in [-0.39, 0.29) is 23.4 Å². The van der Waals surface area contributed by atoms with Crippen LogP contribution in [0.15, 0.2) is 49.1 Å². The van der Waals surface area contributed by atoms with Crippen molar-refractivity contribution >= 4 is 11.6 Å². The highest BCUT2D eigenvalue weighted by Crippen LogP contribution is 2.39. The fourth-order valence-corrected chi connectivity index (χ4v) is 3.83. The number of hydrogen-bond acceptors (Lipinski definition) is 5. The van der Waals surface area contributed by atoms with Crippen LogP contribution in [0.5, 0.6) is 5.75 Å². The average Bonchev–Trinajstić information content (AvgIpc) is 3.44. The first-order valence-corrected chi connectivity index (χ1v) is 10.6. The van der Waals surface area contributed by atoms with Gasteiger partial charge in [0.2, 0.25) is 0 Å². The molecule has 166 valence electrons. The third kappa shape index (κ3) is 4.15. The van der Waals surface area contributed by atoms with E-state index in [2.05, 4.69) is 27.7 Å². The SMILES string of the molecule is COc1ccc(C#N)c(CNC(=O)c2cnn(Cc3cn4cc(C5CC5)ccc4n3)c2)c1F. The predicted molar refractivity (Wildman–Crippen MR) is 117 cm³/mol. The van der Waals surface area contributed by atoms with Crippen LogP contribution in [0.2, 0.25) is 0 Å². The Morgan fingerprint density at radius 2 is 2.12 bits per heavy atom. The van der Waals surface area contributed by atoms with Crippen LogP contribution < -0.4 is 10.1 Å². The molecule has 1 fully saturated rings. The zero-order valence-electron chi connectivity index (χ0n) is 18.0. The highest BCUT2D eigenvalue weighted by molar-refractivity contribution is 5.93. The summed E-state index contributed by atoms with van der Waals surface area (Å²) in [4.78, 5) is 17.2. The van der Waals surface area contributed by atoms with E-state index < -0.39 is 11.7 Å². The Kier molecular flexibility index (Phi) is 5.26. The fraction of sp³-hybridized carbons (Fsp3) is 0.250. The maximum absolute atomic E-state index is 14.5. The summed E-state index contributed by atoms with van der Waals surface area (Å²) in [6.07, 6.45) is 9.64. The molecule has 4 aromatic rings. The number of fused-ring (bicyclic) bond motifs is 1. The van der Waals surface area contributed by atoms with Crippen LogP contribution in [0.3, 0.4) is 0 Å². The summed E-state index contributed by atoms with van der Waals surface area (Å²) in [7, 11) is 1.34. The smallest absolute Gasteiger partial charge is 0.254 e. The van der Waals surface area contributed by atoms with Crippen molar-refractivity contribution in [3.05, 3.63) is 82.8 Å². The highest BCUT2D eigenvalue weighted by atomic mass is 19.1. The van der Waals surface area contributed by atoms with Gasteiger partial charge in [0.25, 0.3) is 5.91 Å². The first kappa shape index (κ1) is 20.7. The number of ether oxygens (including phenoxy) is 1. The molecule has 1 amide bonds. The fourth-order valence-electron chi connectivity index (χ4n) is 3.83. The van der Waals surface area contributed by atoms with Crippen molar-refractivity contribution in [1.82, 2.24) is 24.5 Å². The minimum absolute atomic E-state index is 0.0165. The monoisotopic (exact) mass is 444 g/mol. The number of imidazole rings is 1. The van der Waals surface area contributed by atoms with Gasteiger partial charge in [0.15, 0.2) is 11.6 Å². The number of nitrogens with one attached hydrogen (secondary N) is 1. The molecule has 1 N–H and O–H groups in total. The van der Waals surface area contributed by atoms with Crippen LogP contribution in [-0.4, -0.2) is 32.2 Å². The van der Waals surface area contributed by atoms with Gasteiger partial charge in [0.1, 0.15) is 5.65 Å². The maximum atomic E-state index is 14.5. The second-order valence-electron chi connectivity index (χ2n) is 8.06. The number of carbonyl (C=O) groups is 1. The summed E-state index contributed by atoms with van der Waals surface area (Å²) < 4.78 is 23.1. The van der Waals surface area contributed by atoms with Gasteiger partial charge in [-0.3, -0.25) is 9.48 Å². The minimum atomic E-state index is -0.663. The van der Waals surface area contributed by atoms with Crippen molar-refractivity contribution in [2.75, 3.05) is 7.11 Å². The largest absolute Gasteiger partial charge is 0.494 e. The molecule has 5 rings (SSSR count). The first-order valence-electron chi connectivity index (χ1n) is 10.6. The van der Waals surface area contributed by atoms with Crippen LogP contribution in [-0.2, 0) is 13.1 Å². The predicted octanol–water partition coefficient (Wildman–Crippen LogP) is 3.41. The molecule has 33 heavy (non-hydrogen) atoms. The van der Waals surface area contributed by atoms with E-state index in [1.807, 2.05) is 22.7 Å². The number of methoxy groups -OCH3 is 1. The van der Waals surface area contributed by atoms with Crippen LogP contribution in [0.4, 0.5) is 4.39 Å². The van der Waals surface area contributed by atoms with Gasteiger partial charge in [-0.05, 0) is 42.5 Å². The number of aromatic nitrogens is 4. The van der Waals surface area contributed by atoms with Crippen LogP contribution in [0, 0.1) is 17.1 Å². The third-order valence-corrected chi connectivity index (χ3v) is 5.77. The molecule has 8 nitrogen and oxygen atoms in total. The van der Waals surface area contributed by atoms with Gasteiger partial charge in [-0.15, -0.1) is 0 Å². The van der Waals surface area contributed by atoms with Crippen molar-refractivity contribution in [3.63, 3.8) is 0 Å². The second kappa shape index (κ2) is 8.39. The van der Waals surface area contributed by atoms with Crippen molar-refractivity contribution in [2.24, 2.45) is 0 Å². The summed E-state index contributed by atoms with van der Waals surface area (Å²) in [5.74, 6) is -0.398. The first-order chi connectivity index (χ1) is 16.1. The second-order valence-corrected chi connectivity index (χ2v) is 8.06. The molecular formula is C24H21FN6O2. The Morgan fingerprint density at radius 1 is 1.27 bits per heavy atom. The van der Waals surface area contributed by atoms with E-state index in [0.29, 0.717) is 18.0 Å². The lowest BCUT2D eigenvalue weighted by Crippen LogP contribution is -2.23. The number of hydrogen-bond donors (Lipinski definition) is 1. The number of halogens is 1. The third-order valence-electron chi connectivity index (χ3n) is 5.77. The summed E-state index contributed by atoms with van der Waals surface area (Å²) in [5, 5.41) is 16.1. The number of amides is 1. The van der Waals surface area contributed by atoms with Crippen molar-refractivity contribution in [2.45, 2.75) is 31.8 Å². The molecule has 1 aliphatic rings. The van der Waals surface area contributed by atoms with Gasteiger partial charge in [-0.2, -0.15) is 10.4 Å². The van der Waals surface area contributed by atoms with E-state index in [1.54, 1.807) is 10.9 Å². The number of carbonyl (C=O) groups excluding carboxylic acids is 1. The van der Waals surface area contributed by atoms with Gasteiger partial charge >= 0.3 is 0 Å². The molecule has 0 aliphatic heterocycles. The lowest BCUT2D eigenvalue weighted by Gasteiger charge is -2.10. The normalized spacial score (nSPS) is 13.1. The zero-order chi connectivity index (χ0) is 22.9. The number of pyridine rings is 1. The molecule has 0 atom stereocenters. The van der Waals surface area contributed by atoms with Crippen molar-refractivity contribution < 1.29 is 13.9 Å². The van der Waals surface area contributed by atoms with Crippen molar-refractivity contribution in [3.8, 4) is 11.8 Å². The Bertz CT molecular complexity index is 1400. The molecule has 0 spiro atoms. The van der Waals surface area contributed by atoms with E-state index in [9.17, 15) is 14.4 Å². The Balaban J connectivity index is 1.27. The number of nitriles is 1. The van der Waals surface area contributed by atoms with E-state index in [4.69, 9.17) is 4.74 Å². The van der Waals surface area contributed by atoms with Gasteiger partial charge < -0.3 is 14.5 Å². The van der Waals surface area contributed by atoms with E-state index in [0.717, 1.165) is 11.3 Å².